The maximum Gasteiger partial charge on any atom is 0.266 e. The fraction of sp³-hybridized carbons (Fsp3) is 0.300. The van der Waals surface area contributed by atoms with Gasteiger partial charge in [0.05, 0.1) is 35.3 Å². The summed E-state index contributed by atoms with van der Waals surface area (Å²) in [6, 6.07) is 19.9. The van der Waals surface area contributed by atoms with Gasteiger partial charge in [-0.2, -0.15) is 0 Å². The van der Waals surface area contributed by atoms with E-state index in [-0.39, 0.29) is 11.5 Å². The molecule has 0 bridgehead atoms. The maximum absolute atomic E-state index is 13.9. The number of aromatic nitrogens is 2. The smallest absolute Gasteiger partial charge is 0.266 e. The van der Waals surface area contributed by atoms with E-state index in [1.54, 1.807) is 41.9 Å². The van der Waals surface area contributed by atoms with Gasteiger partial charge in [0.25, 0.3) is 11.5 Å². The van der Waals surface area contributed by atoms with E-state index in [1.165, 1.54) is 0 Å². The molecule has 4 rings (SSSR count). The van der Waals surface area contributed by atoms with Gasteiger partial charge in [0.1, 0.15) is 11.6 Å². The van der Waals surface area contributed by atoms with Gasteiger partial charge in [-0.3, -0.25) is 14.2 Å². The minimum atomic E-state index is -0.520. The zero-order chi connectivity index (χ0) is 26.5. The Bertz CT molecular complexity index is 1480. The van der Waals surface area contributed by atoms with E-state index in [0.717, 1.165) is 16.8 Å². The van der Waals surface area contributed by atoms with Gasteiger partial charge in [0.2, 0.25) is 0 Å². The van der Waals surface area contributed by atoms with Crippen LogP contribution in [0.3, 0.4) is 0 Å². The van der Waals surface area contributed by atoms with Crippen LogP contribution in [0.4, 0.5) is 0 Å². The van der Waals surface area contributed by atoms with Crippen molar-refractivity contribution < 1.29 is 14.3 Å². The molecule has 1 heterocycles. The second-order valence-electron chi connectivity index (χ2n) is 9.12. The van der Waals surface area contributed by atoms with Gasteiger partial charge < -0.3 is 14.4 Å². The number of hydrogen-bond acceptors (Lipinski definition) is 5. The lowest BCUT2D eigenvalue weighted by molar-refractivity contribution is 0.0654. The van der Waals surface area contributed by atoms with Crippen molar-refractivity contribution in [2.24, 2.45) is 0 Å². The Morgan fingerprint density at radius 1 is 1.00 bits per heavy atom. The first kappa shape index (κ1) is 26.1. The first-order valence-electron chi connectivity index (χ1n) is 12.4. The molecule has 0 saturated heterocycles. The Morgan fingerprint density at radius 2 is 1.73 bits per heavy atom. The fourth-order valence-electron chi connectivity index (χ4n) is 4.51. The van der Waals surface area contributed by atoms with Gasteiger partial charge >= 0.3 is 0 Å². The second kappa shape index (κ2) is 11.4. The van der Waals surface area contributed by atoms with E-state index < -0.39 is 6.04 Å². The van der Waals surface area contributed by atoms with Gasteiger partial charge in [0, 0.05) is 20.3 Å². The van der Waals surface area contributed by atoms with Crippen molar-refractivity contribution in [3.8, 4) is 11.4 Å². The summed E-state index contributed by atoms with van der Waals surface area (Å²) in [5.41, 5.74) is 3.80. The van der Waals surface area contributed by atoms with Crippen molar-refractivity contribution in [2.45, 2.75) is 33.2 Å². The second-order valence-corrected chi connectivity index (χ2v) is 9.12. The molecule has 3 aromatic carbocycles. The van der Waals surface area contributed by atoms with E-state index in [1.807, 2.05) is 69.3 Å². The Hall–Kier alpha value is -3.97. The molecule has 1 atom stereocenters. The summed E-state index contributed by atoms with van der Waals surface area (Å²) < 4.78 is 12.4. The van der Waals surface area contributed by atoms with Crippen LogP contribution in [0.1, 0.15) is 46.7 Å². The minimum absolute atomic E-state index is 0.169. The number of hydrogen-bond donors (Lipinski definition) is 0. The highest BCUT2D eigenvalue weighted by Crippen LogP contribution is 2.28. The molecule has 0 aliphatic heterocycles. The van der Waals surface area contributed by atoms with E-state index in [0.29, 0.717) is 47.6 Å². The zero-order valence-electron chi connectivity index (χ0n) is 22.0. The standard InChI is InChI=1S/C30H33N3O4/c1-20-15-16-23(19-21(20)2)33-28(31-26-13-8-6-11-24(26)30(33)35)22(3)32(17-10-18-36-4)29(34)25-12-7-9-14-27(25)37-5/h6-9,11-16,19,22H,10,17-18H2,1-5H3. The van der Waals surface area contributed by atoms with Crippen LogP contribution in [0.25, 0.3) is 16.6 Å². The first-order chi connectivity index (χ1) is 17.9. The number of amides is 1. The molecule has 0 N–H and O–H groups in total. The molecule has 0 saturated carbocycles. The van der Waals surface area contributed by atoms with Crippen molar-refractivity contribution in [1.82, 2.24) is 14.5 Å². The van der Waals surface area contributed by atoms with Crippen molar-refractivity contribution in [1.29, 1.82) is 0 Å². The number of ether oxygens (including phenoxy) is 2. The number of para-hydroxylation sites is 2. The third-order valence-corrected chi connectivity index (χ3v) is 6.74. The van der Waals surface area contributed by atoms with Crippen molar-refractivity contribution in [3.05, 3.63) is 99.6 Å². The molecule has 0 spiro atoms. The molecule has 7 heteroatoms. The monoisotopic (exact) mass is 499 g/mol. The molecule has 0 aliphatic rings. The number of rotatable bonds is 9. The van der Waals surface area contributed by atoms with E-state index in [9.17, 15) is 9.59 Å². The maximum atomic E-state index is 13.9. The average molecular weight is 500 g/mol. The average Bonchev–Trinajstić information content (AvgIpc) is 2.92. The first-order valence-corrected chi connectivity index (χ1v) is 12.4. The van der Waals surface area contributed by atoms with Gasteiger partial charge in [-0.1, -0.05) is 30.3 Å². The third kappa shape index (κ3) is 5.27. The number of methoxy groups -OCH3 is 2. The summed E-state index contributed by atoms with van der Waals surface area (Å²) in [6.07, 6.45) is 0.628. The van der Waals surface area contributed by atoms with E-state index in [4.69, 9.17) is 14.5 Å². The van der Waals surface area contributed by atoms with Crippen LogP contribution in [0.5, 0.6) is 5.75 Å². The summed E-state index contributed by atoms with van der Waals surface area (Å²) in [6.45, 7) is 6.88. The molecule has 1 unspecified atom stereocenters. The highest BCUT2D eigenvalue weighted by Gasteiger charge is 2.29. The number of carbonyl (C=O) groups excluding carboxylic acids is 1. The van der Waals surface area contributed by atoms with Crippen molar-refractivity contribution >= 4 is 16.8 Å². The predicted octanol–water partition coefficient (Wildman–Crippen LogP) is 5.25. The van der Waals surface area contributed by atoms with Crippen LogP contribution in [0.2, 0.25) is 0 Å². The topological polar surface area (TPSA) is 73.7 Å². The minimum Gasteiger partial charge on any atom is -0.496 e. The van der Waals surface area contributed by atoms with Crippen LogP contribution >= 0.6 is 0 Å². The predicted molar refractivity (Wildman–Crippen MR) is 146 cm³/mol. The van der Waals surface area contributed by atoms with Crippen molar-refractivity contribution in [2.75, 3.05) is 27.4 Å². The largest absolute Gasteiger partial charge is 0.496 e. The summed E-state index contributed by atoms with van der Waals surface area (Å²) in [5, 5.41) is 0.527. The molecule has 192 valence electrons. The lowest BCUT2D eigenvalue weighted by atomic mass is 10.1. The molecular weight excluding hydrogens is 466 g/mol. The Morgan fingerprint density at radius 3 is 2.46 bits per heavy atom. The van der Waals surface area contributed by atoms with Gasteiger partial charge in [-0.05, 0) is 74.7 Å². The SMILES string of the molecule is COCCCN(C(=O)c1ccccc1OC)C(C)c1nc2ccccc2c(=O)n1-c1ccc(C)c(C)c1. The summed E-state index contributed by atoms with van der Waals surface area (Å²) in [5.74, 6) is 0.789. The Kier molecular flexibility index (Phi) is 8.04. The molecule has 7 nitrogen and oxygen atoms in total. The van der Waals surface area contributed by atoms with Gasteiger partial charge in [0.15, 0.2) is 0 Å². The third-order valence-electron chi connectivity index (χ3n) is 6.74. The lowest BCUT2D eigenvalue weighted by Crippen LogP contribution is -2.38. The molecule has 4 aromatic rings. The van der Waals surface area contributed by atoms with Crippen molar-refractivity contribution in [3.63, 3.8) is 0 Å². The van der Waals surface area contributed by atoms with E-state index >= 15 is 0 Å². The number of aryl methyl sites for hydroxylation is 2. The van der Waals surface area contributed by atoms with Gasteiger partial charge in [-0.15, -0.1) is 0 Å². The number of nitrogens with zero attached hydrogens (tertiary/aromatic N) is 3. The van der Waals surface area contributed by atoms with Gasteiger partial charge in [-0.25, -0.2) is 4.98 Å². The summed E-state index contributed by atoms with van der Waals surface area (Å²) in [4.78, 5) is 34.5. The molecule has 37 heavy (non-hydrogen) atoms. The summed E-state index contributed by atoms with van der Waals surface area (Å²) in [7, 11) is 3.19. The highest BCUT2D eigenvalue weighted by molar-refractivity contribution is 5.97. The van der Waals surface area contributed by atoms with Crippen LogP contribution < -0.4 is 10.3 Å². The number of fused-ring (bicyclic) bond motifs is 1. The van der Waals surface area contributed by atoms with Crippen LogP contribution in [-0.2, 0) is 4.74 Å². The fourth-order valence-corrected chi connectivity index (χ4v) is 4.51. The zero-order valence-corrected chi connectivity index (χ0v) is 22.0. The molecule has 1 aromatic heterocycles. The molecular formula is C30H33N3O4. The molecule has 1 amide bonds. The normalized spacial score (nSPS) is 11.9. The molecule has 0 fully saturated rings. The highest BCUT2D eigenvalue weighted by atomic mass is 16.5. The van der Waals surface area contributed by atoms with Crippen LogP contribution in [0.15, 0.2) is 71.5 Å². The Balaban J connectivity index is 1.91. The van der Waals surface area contributed by atoms with Crippen LogP contribution in [0, 0.1) is 13.8 Å². The lowest BCUT2D eigenvalue weighted by Gasteiger charge is -2.31. The van der Waals surface area contributed by atoms with Crippen LogP contribution in [-0.4, -0.2) is 47.7 Å². The quantitative estimate of drug-likeness (QED) is 0.294. The molecule has 0 aliphatic carbocycles. The molecule has 0 radical (unpaired) electrons. The van der Waals surface area contributed by atoms with E-state index in [2.05, 4.69) is 0 Å². The Labute approximate surface area is 217 Å². The summed E-state index contributed by atoms with van der Waals surface area (Å²) >= 11 is 0. The number of carbonyl (C=O) groups is 1. The number of benzene rings is 3.